The number of nitrogen functional groups attached to an aromatic ring is 1. The van der Waals surface area contributed by atoms with Crippen molar-refractivity contribution in [2.75, 3.05) is 5.73 Å². The Kier molecular flexibility index (Phi) is 2.84. The molecule has 0 aliphatic heterocycles. The lowest BCUT2D eigenvalue weighted by Crippen LogP contribution is -1.97. The van der Waals surface area contributed by atoms with E-state index < -0.39 is 0 Å². The molecule has 0 aliphatic carbocycles. The summed E-state index contributed by atoms with van der Waals surface area (Å²) in [4.78, 5) is 0. The Morgan fingerprint density at radius 1 is 1.00 bits per heavy atom. The Morgan fingerprint density at radius 2 is 1.74 bits per heavy atom. The number of aryl methyl sites for hydroxylation is 1. The molecule has 2 N–H and O–H groups in total. The number of benzene rings is 2. The molecule has 0 saturated heterocycles. The third-order valence-electron chi connectivity index (χ3n) is 3.16. The van der Waals surface area contributed by atoms with Gasteiger partial charge in [0.2, 0.25) is 0 Å². The third kappa shape index (κ3) is 2.02. The lowest BCUT2D eigenvalue weighted by Gasteiger charge is -2.08. The van der Waals surface area contributed by atoms with Crippen molar-refractivity contribution in [2.45, 2.75) is 6.92 Å². The van der Waals surface area contributed by atoms with Crippen LogP contribution in [0.5, 0.6) is 0 Å². The number of nitrogens with two attached hydrogens (primary N) is 1. The van der Waals surface area contributed by atoms with Gasteiger partial charge in [-0.15, -0.1) is 10.2 Å². The van der Waals surface area contributed by atoms with Crippen molar-refractivity contribution >= 4 is 28.2 Å². The summed E-state index contributed by atoms with van der Waals surface area (Å²) in [5.41, 5.74) is 8.64. The van der Waals surface area contributed by atoms with E-state index in [2.05, 4.69) is 10.2 Å². The number of halogens is 1. The first-order valence-electron chi connectivity index (χ1n) is 5.94. The predicted molar refractivity (Wildman–Crippen MR) is 79.1 cm³/mol. The molecular weight excluding hydrogens is 258 g/mol. The zero-order chi connectivity index (χ0) is 13.4. The standard InChI is InChI=1S/C15H12ClN3/c1-9-6-7-10(8-13(9)16)14-11-4-2-3-5-12(11)15(17)19-18-14/h2-8H,1H3,(H2,17,19). The van der Waals surface area contributed by atoms with E-state index in [-0.39, 0.29) is 0 Å². The van der Waals surface area contributed by atoms with E-state index in [9.17, 15) is 0 Å². The van der Waals surface area contributed by atoms with E-state index in [1.807, 2.05) is 49.4 Å². The predicted octanol–water partition coefficient (Wildman–Crippen LogP) is 3.84. The van der Waals surface area contributed by atoms with Crippen LogP contribution in [0, 0.1) is 6.92 Å². The summed E-state index contributed by atoms with van der Waals surface area (Å²) in [5, 5.41) is 10.8. The number of fused-ring (bicyclic) bond motifs is 1. The molecular formula is C15H12ClN3. The highest BCUT2D eigenvalue weighted by molar-refractivity contribution is 6.31. The number of rotatable bonds is 1. The van der Waals surface area contributed by atoms with Crippen molar-refractivity contribution in [1.82, 2.24) is 10.2 Å². The molecule has 0 atom stereocenters. The van der Waals surface area contributed by atoms with E-state index in [1.54, 1.807) is 0 Å². The molecule has 0 bridgehead atoms. The summed E-state index contributed by atoms with van der Waals surface area (Å²) in [6.45, 7) is 1.97. The van der Waals surface area contributed by atoms with Crippen molar-refractivity contribution in [2.24, 2.45) is 0 Å². The summed E-state index contributed by atoms with van der Waals surface area (Å²) in [7, 11) is 0. The topological polar surface area (TPSA) is 51.8 Å². The summed E-state index contributed by atoms with van der Waals surface area (Å²) < 4.78 is 0. The van der Waals surface area contributed by atoms with Gasteiger partial charge in [0.1, 0.15) is 5.69 Å². The lowest BCUT2D eigenvalue weighted by molar-refractivity contribution is 1.07. The van der Waals surface area contributed by atoms with Gasteiger partial charge >= 0.3 is 0 Å². The Morgan fingerprint density at radius 3 is 2.47 bits per heavy atom. The van der Waals surface area contributed by atoms with Gasteiger partial charge in [0.05, 0.1) is 0 Å². The van der Waals surface area contributed by atoms with Gasteiger partial charge in [-0.3, -0.25) is 0 Å². The maximum Gasteiger partial charge on any atom is 0.154 e. The smallest absolute Gasteiger partial charge is 0.154 e. The Hall–Kier alpha value is -2.13. The zero-order valence-electron chi connectivity index (χ0n) is 10.4. The number of anilines is 1. The van der Waals surface area contributed by atoms with Gasteiger partial charge < -0.3 is 5.73 Å². The summed E-state index contributed by atoms with van der Waals surface area (Å²) in [6.07, 6.45) is 0. The number of hydrogen-bond acceptors (Lipinski definition) is 3. The molecule has 0 spiro atoms. The molecule has 19 heavy (non-hydrogen) atoms. The Bertz CT molecular complexity index is 768. The first kappa shape index (κ1) is 11.9. The van der Waals surface area contributed by atoms with Crippen molar-refractivity contribution in [3.05, 3.63) is 53.1 Å². The normalized spacial score (nSPS) is 10.8. The number of hydrogen-bond donors (Lipinski definition) is 1. The quantitative estimate of drug-likeness (QED) is 0.730. The zero-order valence-corrected chi connectivity index (χ0v) is 11.1. The van der Waals surface area contributed by atoms with Crippen LogP contribution in [0.2, 0.25) is 5.02 Å². The summed E-state index contributed by atoms with van der Waals surface area (Å²) in [5.74, 6) is 0.442. The van der Waals surface area contributed by atoms with E-state index in [0.29, 0.717) is 5.82 Å². The van der Waals surface area contributed by atoms with Gasteiger partial charge in [-0.05, 0) is 18.6 Å². The van der Waals surface area contributed by atoms with Crippen LogP contribution < -0.4 is 5.73 Å². The van der Waals surface area contributed by atoms with Crippen LogP contribution in [0.4, 0.5) is 5.82 Å². The van der Waals surface area contributed by atoms with Gasteiger partial charge in [0, 0.05) is 21.4 Å². The maximum atomic E-state index is 6.17. The largest absolute Gasteiger partial charge is 0.382 e. The molecule has 1 heterocycles. The van der Waals surface area contributed by atoms with Gasteiger partial charge in [0.25, 0.3) is 0 Å². The van der Waals surface area contributed by atoms with Crippen LogP contribution in [0.3, 0.4) is 0 Å². The fraction of sp³-hybridized carbons (Fsp3) is 0.0667. The molecule has 0 unspecified atom stereocenters. The van der Waals surface area contributed by atoms with Crippen LogP contribution >= 0.6 is 11.6 Å². The van der Waals surface area contributed by atoms with Crippen LogP contribution in [0.25, 0.3) is 22.0 Å². The van der Waals surface area contributed by atoms with E-state index >= 15 is 0 Å². The second-order valence-corrected chi connectivity index (χ2v) is 4.85. The fourth-order valence-corrected chi connectivity index (χ4v) is 2.26. The number of nitrogens with zero attached hydrogens (tertiary/aromatic N) is 2. The van der Waals surface area contributed by atoms with Gasteiger partial charge in [-0.1, -0.05) is 48.0 Å². The SMILES string of the molecule is Cc1ccc(-c2nnc(N)c3ccccc23)cc1Cl. The van der Waals surface area contributed by atoms with E-state index in [4.69, 9.17) is 17.3 Å². The van der Waals surface area contributed by atoms with Crippen molar-refractivity contribution in [3.63, 3.8) is 0 Å². The second kappa shape index (κ2) is 4.52. The highest BCUT2D eigenvalue weighted by Crippen LogP contribution is 2.30. The lowest BCUT2D eigenvalue weighted by atomic mass is 10.0. The molecule has 3 nitrogen and oxygen atoms in total. The highest BCUT2D eigenvalue weighted by atomic mass is 35.5. The molecule has 94 valence electrons. The minimum atomic E-state index is 0.442. The molecule has 3 aromatic rings. The third-order valence-corrected chi connectivity index (χ3v) is 3.57. The maximum absolute atomic E-state index is 6.17. The highest BCUT2D eigenvalue weighted by Gasteiger charge is 2.09. The van der Waals surface area contributed by atoms with Gasteiger partial charge in [-0.2, -0.15) is 0 Å². The second-order valence-electron chi connectivity index (χ2n) is 4.44. The van der Waals surface area contributed by atoms with Crippen molar-refractivity contribution in [3.8, 4) is 11.3 Å². The van der Waals surface area contributed by atoms with E-state index in [1.165, 1.54) is 0 Å². The minimum absolute atomic E-state index is 0.442. The molecule has 4 heteroatoms. The Labute approximate surface area is 116 Å². The summed E-state index contributed by atoms with van der Waals surface area (Å²) >= 11 is 6.17. The first-order valence-corrected chi connectivity index (χ1v) is 6.32. The van der Waals surface area contributed by atoms with Crippen LogP contribution in [-0.2, 0) is 0 Å². The first-order chi connectivity index (χ1) is 9.16. The minimum Gasteiger partial charge on any atom is -0.382 e. The van der Waals surface area contributed by atoms with Crippen LogP contribution in [-0.4, -0.2) is 10.2 Å². The van der Waals surface area contributed by atoms with Crippen LogP contribution in [0.15, 0.2) is 42.5 Å². The monoisotopic (exact) mass is 269 g/mol. The van der Waals surface area contributed by atoms with Crippen molar-refractivity contribution < 1.29 is 0 Å². The van der Waals surface area contributed by atoms with Crippen molar-refractivity contribution in [1.29, 1.82) is 0 Å². The molecule has 1 aromatic heterocycles. The molecule has 0 saturated carbocycles. The number of aromatic nitrogens is 2. The molecule has 0 amide bonds. The molecule has 3 rings (SSSR count). The fourth-order valence-electron chi connectivity index (χ4n) is 2.08. The van der Waals surface area contributed by atoms with E-state index in [0.717, 1.165) is 32.6 Å². The molecule has 0 fully saturated rings. The Balaban J connectivity index is 2.31. The average molecular weight is 270 g/mol. The summed E-state index contributed by atoms with van der Waals surface area (Å²) in [6, 6.07) is 13.7. The van der Waals surface area contributed by atoms with Gasteiger partial charge in [-0.25, -0.2) is 0 Å². The molecule has 0 aliphatic rings. The molecule has 0 radical (unpaired) electrons. The van der Waals surface area contributed by atoms with Crippen LogP contribution in [0.1, 0.15) is 5.56 Å². The van der Waals surface area contributed by atoms with Gasteiger partial charge in [0.15, 0.2) is 5.82 Å². The average Bonchev–Trinajstić information content (AvgIpc) is 2.43. The molecule has 2 aromatic carbocycles.